The van der Waals surface area contributed by atoms with Crippen LogP contribution in [0.2, 0.25) is 5.02 Å². The lowest BCUT2D eigenvalue weighted by atomic mass is 9.88. The van der Waals surface area contributed by atoms with Gasteiger partial charge >= 0.3 is 5.97 Å². The largest absolute Gasteiger partial charge is 0.486 e. The lowest BCUT2D eigenvalue weighted by molar-refractivity contribution is -0.158. The molecule has 0 spiro atoms. The number of hydrogen-bond donors (Lipinski definition) is 0. The molecule has 0 atom stereocenters. The van der Waals surface area contributed by atoms with Crippen LogP contribution in [0.15, 0.2) is 18.2 Å². The van der Waals surface area contributed by atoms with Crippen LogP contribution in [0.4, 0.5) is 4.39 Å². The summed E-state index contributed by atoms with van der Waals surface area (Å²) in [7, 11) is 0. The molecule has 0 amide bonds. The summed E-state index contributed by atoms with van der Waals surface area (Å²) < 4.78 is 23.2. The Kier molecular flexibility index (Phi) is 5.51. The van der Waals surface area contributed by atoms with Crippen molar-refractivity contribution in [1.29, 1.82) is 0 Å². The molecular formula is C14H16ClFO4. The Morgan fingerprint density at radius 2 is 2.00 bits per heavy atom. The molecule has 1 aromatic carbocycles. The highest BCUT2D eigenvalue weighted by Crippen LogP contribution is 2.22. The summed E-state index contributed by atoms with van der Waals surface area (Å²) in [5.74, 6) is -1.54. The summed E-state index contributed by atoms with van der Waals surface area (Å²) in [5.41, 5.74) is -1.30. The zero-order valence-corrected chi connectivity index (χ0v) is 12.3. The van der Waals surface area contributed by atoms with Crippen LogP contribution in [0.1, 0.15) is 20.8 Å². The van der Waals surface area contributed by atoms with E-state index < -0.39 is 23.0 Å². The van der Waals surface area contributed by atoms with E-state index in [4.69, 9.17) is 21.1 Å². The first-order valence-electron chi connectivity index (χ1n) is 6.07. The van der Waals surface area contributed by atoms with Gasteiger partial charge in [-0.1, -0.05) is 11.6 Å². The van der Waals surface area contributed by atoms with Crippen molar-refractivity contribution < 1.29 is 23.5 Å². The third-order valence-corrected chi connectivity index (χ3v) is 3.05. The van der Waals surface area contributed by atoms with Gasteiger partial charge in [0.05, 0.1) is 11.6 Å². The molecule has 0 bridgehead atoms. The summed E-state index contributed by atoms with van der Waals surface area (Å²) >= 11 is 5.53. The number of ether oxygens (including phenoxy) is 2. The van der Waals surface area contributed by atoms with E-state index in [-0.39, 0.29) is 24.0 Å². The second kappa shape index (κ2) is 6.70. The van der Waals surface area contributed by atoms with E-state index in [0.29, 0.717) is 0 Å². The molecule has 0 heterocycles. The number of benzene rings is 1. The SMILES string of the molecule is CCOC(=O)C(C)(C)C(=O)COc1ccc(Cl)c(F)c1. The van der Waals surface area contributed by atoms with Crippen molar-refractivity contribution in [1.82, 2.24) is 0 Å². The number of ketones is 1. The molecule has 0 saturated carbocycles. The summed E-state index contributed by atoms with van der Waals surface area (Å²) in [6, 6.07) is 3.84. The standard InChI is InChI=1S/C14H16ClFO4/c1-4-19-13(18)14(2,3)12(17)8-20-9-5-6-10(15)11(16)7-9/h5-7H,4,8H2,1-3H3. The number of Topliss-reactive ketones (excluding diaryl/α,β-unsaturated/α-hetero) is 1. The number of esters is 1. The molecule has 0 N–H and O–H groups in total. The van der Waals surface area contributed by atoms with E-state index >= 15 is 0 Å². The van der Waals surface area contributed by atoms with Gasteiger partial charge in [0.1, 0.15) is 23.6 Å². The fourth-order valence-corrected chi connectivity index (χ4v) is 1.44. The van der Waals surface area contributed by atoms with E-state index in [1.165, 1.54) is 26.0 Å². The van der Waals surface area contributed by atoms with Gasteiger partial charge in [0.2, 0.25) is 0 Å². The van der Waals surface area contributed by atoms with E-state index in [0.717, 1.165) is 6.07 Å². The maximum Gasteiger partial charge on any atom is 0.319 e. The van der Waals surface area contributed by atoms with Crippen molar-refractivity contribution in [3.8, 4) is 5.75 Å². The number of carbonyl (C=O) groups excluding carboxylic acids is 2. The molecule has 1 aromatic rings. The average Bonchev–Trinajstić information content (AvgIpc) is 2.39. The van der Waals surface area contributed by atoms with Crippen molar-refractivity contribution in [2.75, 3.05) is 13.2 Å². The van der Waals surface area contributed by atoms with Gasteiger partial charge in [-0.25, -0.2) is 4.39 Å². The van der Waals surface area contributed by atoms with Crippen LogP contribution in [0.25, 0.3) is 0 Å². The minimum absolute atomic E-state index is 0.0319. The molecule has 0 fully saturated rings. The Bertz CT molecular complexity index is 514. The van der Waals surface area contributed by atoms with Gasteiger partial charge in [0.15, 0.2) is 5.78 Å². The second-order valence-corrected chi connectivity index (χ2v) is 5.04. The molecule has 0 unspecified atom stereocenters. The molecule has 0 aliphatic carbocycles. The fourth-order valence-electron chi connectivity index (χ4n) is 1.32. The lowest BCUT2D eigenvalue weighted by Gasteiger charge is -2.20. The number of hydrogen-bond acceptors (Lipinski definition) is 4. The molecule has 0 aromatic heterocycles. The summed E-state index contributed by atoms with van der Waals surface area (Å²) in [4.78, 5) is 23.6. The monoisotopic (exact) mass is 302 g/mol. The third kappa shape index (κ3) is 3.93. The molecule has 0 radical (unpaired) electrons. The van der Waals surface area contributed by atoms with Crippen molar-refractivity contribution in [2.24, 2.45) is 5.41 Å². The molecule has 0 aliphatic rings. The maximum atomic E-state index is 13.2. The minimum Gasteiger partial charge on any atom is -0.486 e. The maximum absolute atomic E-state index is 13.2. The van der Waals surface area contributed by atoms with Crippen LogP contribution >= 0.6 is 11.6 Å². The molecule has 0 saturated heterocycles. The van der Waals surface area contributed by atoms with E-state index in [9.17, 15) is 14.0 Å². The highest BCUT2D eigenvalue weighted by Gasteiger charge is 2.37. The Balaban J connectivity index is 2.66. The third-order valence-electron chi connectivity index (χ3n) is 2.74. The van der Waals surface area contributed by atoms with Crippen molar-refractivity contribution in [2.45, 2.75) is 20.8 Å². The summed E-state index contributed by atoms with van der Waals surface area (Å²) in [6.45, 7) is 4.41. The van der Waals surface area contributed by atoms with Crippen LogP contribution in [-0.4, -0.2) is 25.0 Å². The molecule has 110 valence electrons. The summed E-state index contributed by atoms with van der Waals surface area (Å²) in [5, 5.41) is -0.0319. The predicted octanol–water partition coefficient (Wildman–Crippen LogP) is 3.02. The van der Waals surface area contributed by atoms with Gasteiger partial charge in [-0.05, 0) is 32.9 Å². The Hall–Kier alpha value is -1.62. The average molecular weight is 303 g/mol. The Morgan fingerprint density at radius 1 is 1.35 bits per heavy atom. The predicted molar refractivity (Wildman–Crippen MR) is 72.3 cm³/mol. The highest BCUT2D eigenvalue weighted by atomic mass is 35.5. The topological polar surface area (TPSA) is 52.6 Å². The van der Waals surface area contributed by atoms with Crippen LogP contribution in [0.5, 0.6) is 5.75 Å². The second-order valence-electron chi connectivity index (χ2n) is 4.63. The number of carbonyl (C=O) groups is 2. The molecule has 1 rings (SSSR count). The van der Waals surface area contributed by atoms with Gasteiger partial charge in [-0.3, -0.25) is 9.59 Å². The van der Waals surface area contributed by atoms with Gasteiger partial charge in [0.25, 0.3) is 0 Å². The van der Waals surface area contributed by atoms with Crippen LogP contribution in [0, 0.1) is 11.2 Å². The Labute approximate surface area is 121 Å². The zero-order valence-electron chi connectivity index (χ0n) is 11.5. The molecule has 20 heavy (non-hydrogen) atoms. The zero-order chi connectivity index (χ0) is 15.3. The first-order valence-corrected chi connectivity index (χ1v) is 6.45. The first kappa shape index (κ1) is 16.4. The fraction of sp³-hybridized carbons (Fsp3) is 0.429. The van der Waals surface area contributed by atoms with Crippen molar-refractivity contribution in [3.05, 3.63) is 29.0 Å². The van der Waals surface area contributed by atoms with E-state index in [1.54, 1.807) is 6.92 Å². The smallest absolute Gasteiger partial charge is 0.319 e. The Morgan fingerprint density at radius 3 is 2.55 bits per heavy atom. The first-order chi connectivity index (χ1) is 9.28. The minimum atomic E-state index is -1.30. The highest BCUT2D eigenvalue weighted by molar-refractivity contribution is 6.30. The molecular weight excluding hydrogens is 287 g/mol. The van der Waals surface area contributed by atoms with Crippen LogP contribution in [-0.2, 0) is 14.3 Å². The van der Waals surface area contributed by atoms with Gasteiger partial charge in [-0.2, -0.15) is 0 Å². The normalized spacial score (nSPS) is 11.1. The van der Waals surface area contributed by atoms with Crippen LogP contribution in [0.3, 0.4) is 0 Å². The molecule has 4 nitrogen and oxygen atoms in total. The lowest BCUT2D eigenvalue weighted by Crippen LogP contribution is -2.38. The summed E-state index contributed by atoms with van der Waals surface area (Å²) in [6.07, 6.45) is 0. The van der Waals surface area contributed by atoms with Crippen molar-refractivity contribution in [3.63, 3.8) is 0 Å². The number of halogens is 2. The van der Waals surface area contributed by atoms with Crippen LogP contribution < -0.4 is 4.74 Å². The molecule has 6 heteroatoms. The van der Waals surface area contributed by atoms with Gasteiger partial charge in [-0.15, -0.1) is 0 Å². The van der Waals surface area contributed by atoms with E-state index in [1.807, 2.05) is 0 Å². The quantitative estimate of drug-likeness (QED) is 0.599. The van der Waals surface area contributed by atoms with Gasteiger partial charge < -0.3 is 9.47 Å². The number of rotatable bonds is 6. The van der Waals surface area contributed by atoms with Crippen molar-refractivity contribution >= 4 is 23.4 Å². The van der Waals surface area contributed by atoms with Gasteiger partial charge in [0, 0.05) is 6.07 Å². The molecule has 0 aliphatic heterocycles. The van der Waals surface area contributed by atoms with E-state index in [2.05, 4.69) is 0 Å².